The summed E-state index contributed by atoms with van der Waals surface area (Å²) < 4.78 is 11.6. The second-order valence-electron chi connectivity index (χ2n) is 7.15. The van der Waals surface area contributed by atoms with E-state index in [0.717, 1.165) is 13.1 Å². The molecule has 1 aromatic rings. The molecule has 4 rings (SSSR count). The van der Waals surface area contributed by atoms with Gasteiger partial charge in [0.15, 0.2) is 11.5 Å². The fraction of sp³-hybridized carbons (Fsp3) is 0.348. The molecule has 2 heterocycles. The van der Waals surface area contributed by atoms with Gasteiger partial charge in [0.25, 0.3) is 5.91 Å². The number of nitrogens with zero attached hydrogens (tertiary/aromatic N) is 1. The number of fused-ring (bicyclic) bond motifs is 1. The number of para-hydroxylation sites is 2. The molecule has 28 heavy (non-hydrogen) atoms. The van der Waals surface area contributed by atoms with Crippen molar-refractivity contribution >= 4 is 11.6 Å². The van der Waals surface area contributed by atoms with Gasteiger partial charge in [-0.1, -0.05) is 12.1 Å². The molecular weight excluding hydrogens is 352 g/mol. The Morgan fingerprint density at radius 1 is 1.25 bits per heavy atom. The average Bonchev–Trinajstić information content (AvgIpc) is 3.40. The van der Waals surface area contributed by atoms with E-state index in [1.807, 2.05) is 37.3 Å². The summed E-state index contributed by atoms with van der Waals surface area (Å²) >= 11 is 0. The zero-order chi connectivity index (χ0) is 19.3. The molecule has 0 atom stereocenters. The van der Waals surface area contributed by atoms with Crippen molar-refractivity contribution in [3.05, 3.63) is 71.4 Å². The summed E-state index contributed by atoms with van der Waals surface area (Å²) in [5.74, 6) is 1.20. The van der Waals surface area contributed by atoms with Gasteiger partial charge in [0.1, 0.15) is 12.4 Å². The van der Waals surface area contributed by atoms with Gasteiger partial charge in [-0.15, -0.1) is 0 Å². The van der Waals surface area contributed by atoms with Crippen LogP contribution in [-0.4, -0.2) is 30.5 Å². The summed E-state index contributed by atoms with van der Waals surface area (Å²) in [7, 11) is 0. The highest BCUT2D eigenvalue weighted by molar-refractivity contribution is 6.05. The first kappa shape index (κ1) is 18.4. The number of carbonyl (C=O) groups is 1. The van der Waals surface area contributed by atoms with Crippen LogP contribution in [0.4, 0.5) is 5.69 Å². The minimum atomic E-state index is -0.271. The molecule has 1 N–H and O–H groups in total. The van der Waals surface area contributed by atoms with Crippen LogP contribution in [0.1, 0.15) is 32.6 Å². The number of rotatable bonds is 6. The molecule has 5 heteroatoms. The Balaban J connectivity index is 1.37. The third kappa shape index (κ3) is 4.30. The predicted octanol–water partition coefficient (Wildman–Crippen LogP) is 4.52. The highest BCUT2D eigenvalue weighted by Gasteiger charge is 2.23. The number of nitrogens with one attached hydrogen (secondary N) is 1. The normalized spacial score (nSPS) is 20.2. The molecule has 1 saturated carbocycles. The number of hydrogen-bond donors (Lipinski definition) is 1. The van der Waals surface area contributed by atoms with Gasteiger partial charge in [0, 0.05) is 24.9 Å². The summed E-state index contributed by atoms with van der Waals surface area (Å²) in [6.07, 6.45) is 12.7. The lowest BCUT2D eigenvalue weighted by Gasteiger charge is -2.20. The molecule has 146 valence electrons. The summed E-state index contributed by atoms with van der Waals surface area (Å²) in [4.78, 5) is 14.7. The lowest BCUT2D eigenvalue weighted by Crippen LogP contribution is -2.23. The van der Waals surface area contributed by atoms with Crippen LogP contribution in [0.3, 0.4) is 0 Å². The van der Waals surface area contributed by atoms with E-state index >= 15 is 0 Å². The molecule has 3 aliphatic rings. The van der Waals surface area contributed by atoms with Crippen LogP contribution in [0.2, 0.25) is 0 Å². The van der Waals surface area contributed by atoms with E-state index in [2.05, 4.69) is 22.4 Å². The number of amides is 1. The van der Waals surface area contributed by atoms with Crippen molar-refractivity contribution in [3.63, 3.8) is 0 Å². The maximum absolute atomic E-state index is 12.2. The fourth-order valence-electron chi connectivity index (χ4n) is 3.47. The van der Waals surface area contributed by atoms with Crippen molar-refractivity contribution in [2.24, 2.45) is 0 Å². The Hall–Kier alpha value is -2.95. The Kier molecular flexibility index (Phi) is 5.51. The van der Waals surface area contributed by atoms with Crippen LogP contribution in [0.5, 0.6) is 5.75 Å². The SMILES string of the molecule is C/C=C(/C=C1\Oc2ccccc2NC1=O)OC/C=C/C(=C1CC1)N1CCCC1. The first-order valence-corrected chi connectivity index (χ1v) is 9.97. The second-order valence-corrected chi connectivity index (χ2v) is 7.15. The van der Waals surface area contributed by atoms with Gasteiger partial charge in [-0.3, -0.25) is 4.79 Å². The standard InChI is InChI=1S/C23H26N2O3/c1-2-18(16-22-23(26)24-19-8-3-4-10-21(19)28-22)27-15-7-9-20(17-11-12-17)25-13-5-6-14-25/h2-4,7-10,16H,5-6,11-15H2,1H3,(H,24,26)/b9-7+,18-2-,22-16-. The van der Waals surface area contributed by atoms with E-state index in [1.165, 1.54) is 31.4 Å². The Morgan fingerprint density at radius 2 is 2.04 bits per heavy atom. The number of anilines is 1. The maximum Gasteiger partial charge on any atom is 0.291 e. The first-order valence-electron chi connectivity index (χ1n) is 9.97. The highest BCUT2D eigenvalue weighted by atomic mass is 16.5. The van der Waals surface area contributed by atoms with Gasteiger partial charge in [0.2, 0.25) is 0 Å². The van der Waals surface area contributed by atoms with Gasteiger partial charge < -0.3 is 19.7 Å². The third-order valence-corrected chi connectivity index (χ3v) is 5.07. The molecule has 2 aliphatic heterocycles. The topological polar surface area (TPSA) is 50.8 Å². The van der Waals surface area contributed by atoms with E-state index in [4.69, 9.17) is 9.47 Å². The minimum absolute atomic E-state index is 0.230. The largest absolute Gasteiger partial charge is 0.490 e. The smallest absolute Gasteiger partial charge is 0.291 e. The Morgan fingerprint density at radius 3 is 2.79 bits per heavy atom. The number of carbonyl (C=O) groups excluding carboxylic acids is 1. The maximum atomic E-state index is 12.2. The van der Waals surface area contributed by atoms with Crippen LogP contribution in [0.25, 0.3) is 0 Å². The summed E-state index contributed by atoms with van der Waals surface area (Å²) in [6.45, 7) is 4.65. The summed E-state index contributed by atoms with van der Waals surface area (Å²) in [5.41, 5.74) is 3.61. The highest BCUT2D eigenvalue weighted by Crippen LogP contribution is 2.35. The van der Waals surface area contributed by atoms with Gasteiger partial charge in [-0.25, -0.2) is 0 Å². The minimum Gasteiger partial charge on any atom is -0.490 e. The predicted molar refractivity (Wildman–Crippen MR) is 110 cm³/mol. The molecule has 5 nitrogen and oxygen atoms in total. The number of benzene rings is 1. The van der Waals surface area contributed by atoms with Crippen molar-refractivity contribution in [1.29, 1.82) is 0 Å². The van der Waals surface area contributed by atoms with Crippen molar-refractivity contribution in [2.75, 3.05) is 25.0 Å². The molecule has 1 amide bonds. The van der Waals surface area contributed by atoms with Gasteiger partial charge in [0.05, 0.1) is 5.69 Å². The molecule has 0 spiro atoms. The van der Waals surface area contributed by atoms with Crippen LogP contribution in [0.15, 0.2) is 71.4 Å². The van der Waals surface area contributed by atoms with Crippen LogP contribution in [0, 0.1) is 0 Å². The molecule has 1 saturated heterocycles. The molecule has 1 aromatic carbocycles. The van der Waals surface area contributed by atoms with Crippen molar-refractivity contribution in [1.82, 2.24) is 4.90 Å². The number of hydrogen-bond acceptors (Lipinski definition) is 4. The van der Waals surface area contributed by atoms with Crippen molar-refractivity contribution < 1.29 is 14.3 Å². The van der Waals surface area contributed by atoms with Gasteiger partial charge >= 0.3 is 0 Å². The van der Waals surface area contributed by atoms with E-state index in [-0.39, 0.29) is 11.7 Å². The van der Waals surface area contributed by atoms with E-state index in [9.17, 15) is 4.79 Å². The summed E-state index contributed by atoms with van der Waals surface area (Å²) in [5, 5.41) is 2.83. The van der Waals surface area contributed by atoms with Crippen LogP contribution >= 0.6 is 0 Å². The van der Waals surface area contributed by atoms with E-state index < -0.39 is 0 Å². The molecule has 1 aliphatic carbocycles. The van der Waals surface area contributed by atoms with Gasteiger partial charge in [-0.05, 0) is 68.5 Å². The number of allylic oxidation sites excluding steroid dienone is 4. The Labute approximate surface area is 166 Å². The monoisotopic (exact) mass is 378 g/mol. The van der Waals surface area contributed by atoms with Crippen LogP contribution < -0.4 is 10.1 Å². The first-order chi connectivity index (χ1) is 13.7. The molecule has 0 bridgehead atoms. The zero-order valence-corrected chi connectivity index (χ0v) is 16.2. The summed E-state index contributed by atoms with van der Waals surface area (Å²) in [6, 6.07) is 7.37. The Bertz CT molecular complexity index is 868. The molecule has 0 aromatic heterocycles. The van der Waals surface area contributed by atoms with Crippen LogP contribution in [-0.2, 0) is 9.53 Å². The fourth-order valence-corrected chi connectivity index (χ4v) is 3.47. The lowest BCUT2D eigenvalue weighted by atomic mass is 10.2. The lowest BCUT2D eigenvalue weighted by molar-refractivity contribution is -0.115. The number of likely N-dealkylation sites (tertiary alicyclic amines) is 1. The molecule has 0 unspecified atom stereocenters. The zero-order valence-electron chi connectivity index (χ0n) is 16.2. The van der Waals surface area contributed by atoms with Gasteiger partial charge in [-0.2, -0.15) is 0 Å². The average molecular weight is 378 g/mol. The molecule has 0 radical (unpaired) electrons. The van der Waals surface area contributed by atoms with E-state index in [1.54, 1.807) is 11.6 Å². The van der Waals surface area contributed by atoms with Crippen molar-refractivity contribution in [3.8, 4) is 5.75 Å². The molecular formula is C23H26N2O3. The van der Waals surface area contributed by atoms with E-state index in [0.29, 0.717) is 23.8 Å². The van der Waals surface area contributed by atoms with Crippen molar-refractivity contribution in [2.45, 2.75) is 32.6 Å². The molecule has 2 fully saturated rings. The quantitative estimate of drug-likeness (QED) is 0.584. The third-order valence-electron chi connectivity index (χ3n) is 5.07. The number of ether oxygens (including phenoxy) is 2. The second kappa shape index (κ2) is 8.38.